The predicted octanol–water partition coefficient (Wildman–Crippen LogP) is 4.22. The Labute approximate surface area is 115 Å². The van der Waals surface area contributed by atoms with E-state index in [0.717, 1.165) is 24.3 Å². The minimum absolute atomic E-state index is 0.0381. The molecule has 0 heterocycles. The summed E-state index contributed by atoms with van der Waals surface area (Å²) < 4.78 is 5.65. The van der Waals surface area contributed by atoms with Crippen LogP contribution in [-0.4, -0.2) is 17.7 Å². The maximum atomic E-state index is 10.7. The first-order valence-corrected chi connectivity index (χ1v) is 7.08. The summed E-state index contributed by atoms with van der Waals surface area (Å²) in [5.41, 5.74) is 1.04. The van der Waals surface area contributed by atoms with Crippen molar-refractivity contribution in [3.8, 4) is 5.75 Å². The summed E-state index contributed by atoms with van der Waals surface area (Å²) in [6.45, 7) is 4.87. The number of aliphatic carboxylic acids is 1. The smallest absolute Gasteiger partial charge is 0.303 e. The number of carboxylic acid groups (broad SMARTS) is 1. The van der Waals surface area contributed by atoms with Gasteiger partial charge in [-0.3, -0.25) is 4.79 Å². The molecule has 0 fully saturated rings. The molecule has 1 aromatic rings. The Bertz CT molecular complexity index is 370. The topological polar surface area (TPSA) is 46.5 Å². The van der Waals surface area contributed by atoms with Crippen molar-refractivity contribution in [2.75, 3.05) is 6.61 Å². The van der Waals surface area contributed by atoms with Crippen molar-refractivity contribution < 1.29 is 14.6 Å². The molecule has 0 saturated carbocycles. The molecule has 1 aromatic carbocycles. The molecule has 19 heavy (non-hydrogen) atoms. The fourth-order valence-corrected chi connectivity index (χ4v) is 1.99. The molecule has 0 aliphatic carbocycles. The van der Waals surface area contributed by atoms with E-state index in [9.17, 15) is 4.79 Å². The van der Waals surface area contributed by atoms with Crippen LogP contribution in [0.4, 0.5) is 0 Å². The van der Waals surface area contributed by atoms with E-state index in [2.05, 4.69) is 6.92 Å². The highest BCUT2D eigenvalue weighted by Gasteiger charge is 2.09. The number of hydrogen-bond donors (Lipinski definition) is 1. The van der Waals surface area contributed by atoms with E-state index in [4.69, 9.17) is 9.84 Å². The van der Waals surface area contributed by atoms with Gasteiger partial charge in [0.05, 0.1) is 13.0 Å². The lowest BCUT2D eigenvalue weighted by Crippen LogP contribution is -2.03. The standard InChI is InChI=1S/C16H24O3/c1-3-4-5-6-11-19-15-9-7-14(8-10-15)13(2)12-16(17)18/h7-10,13H,3-6,11-12H2,1-2H3,(H,17,18). The van der Waals surface area contributed by atoms with Crippen LogP contribution in [0.2, 0.25) is 0 Å². The van der Waals surface area contributed by atoms with E-state index in [1.165, 1.54) is 19.3 Å². The number of benzene rings is 1. The van der Waals surface area contributed by atoms with Crippen LogP contribution in [0.3, 0.4) is 0 Å². The highest BCUT2D eigenvalue weighted by Crippen LogP contribution is 2.22. The fraction of sp³-hybridized carbons (Fsp3) is 0.562. The van der Waals surface area contributed by atoms with Gasteiger partial charge >= 0.3 is 5.97 Å². The first kappa shape index (κ1) is 15.5. The number of unbranched alkanes of at least 4 members (excludes halogenated alkanes) is 3. The molecule has 0 bridgehead atoms. The van der Waals surface area contributed by atoms with Gasteiger partial charge in [-0.1, -0.05) is 45.2 Å². The van der Waals surface area contributed by atoms with E-state index in [1.54, 1.807) is 0 Å². The number of ether oxygens (including phenoxy) is 1. The van der Waals surface area contributed by atoms with Crippen LogP contribution in [-0.2, 0) is 4.79 Å². The van der Waals surface area contributed by atoms with Gasteiger partial charge in [0.25, 0.3) is 0 Å². The first-order chi connectivity index (χ1) is 9.13. The molecular weight excluding hydrogens is 240 g/mol. The third-order valence-electron chi connectivity index (χ3n) is 3.20. The molecule has 0 aliphatic rings. The second kappa shape index (κ2) is 8.57. The Hall–Kier alpha value is -1.51. The minimum Gasteiger partial charge on any atom is -0.494 e. The van der Waals surface area contributed by atoms with Gasteiger partial charge in [0.2, 0.25) is 0 Å². The number of rotatable bonds is 9. The molecule has 0 aromatic heterocycles. The first-order valence-electron chi connectivity index (χ1n) is 7.08. The van der Waals surface area contributed by atoms with Crippen molar-refractivity contribution >= 4 is 5.97 Å². The maximum absolute atomic E-state index is 10.7. The van der Waals surface area contributed by atoms with Crippen molar-refractivity contribution in [2.24, 2.45) is 0 Å². The van der Waals surface area contributed by atoms with Gasteiger partial charge in [-0.05, 0) is 30.0 Å². The van der Waals surface area contributed by atoms with Gasteiger partial charge in [0.1, 0.15) is 5.75 Å². The number of carbonyl (C=O) groups is 1. The lowest BCUT2D eigenvalue weighted by molar-refractivity contribution is -0.137. The maximum Gasteiger partial charge on any atom is 0.303 e. The molecule has 3 nitrogen and oxygen atoms in total. The largest absolute Gasteiger partial charge is 0.494 e. The predicted molar refractivity (Wildman–Crippen MR) is 76.7 cm³/mol. The number of carboxylic acids is 1. The Kier molecular flexibility index (Phi) is 7.01. The van der Waals surface area contributed by atoms with Crippen LogP contribution in [0.15, 0.2) is 24.3 Å². The summed E-state index contributed by atoms with van der Waals surface area (Å²) in [6, 6.07) is 7.75. The molecule has 1 rings (SSSR count). The van der Waals surface area contributed by atoms with E-state index >= 15 is 0 Å². The molecule has 0 spiro atoms. The van der Waals surface area contributed by atoms with E-state index in [0.29, 0.717) is 0 Å². The zero-order chi connectivity index (χ0) is 14.1. The molecule has 0 aliphatic heterocycles. The lowest BCUT2D eigenvalue weighted by atomic mass is 9.98. The van der Waals surface area contributed by atoms with Crippen LogP contribution < -0.4 is 4.74 Å². The minimum atomic E-state index is -0.760. The second-order valence-electron chi connectivity index (χ2n) is 4.98. The number of hydrogen-bond acceptors (Lipinski definition) is 2. The monoisotopic (exact) mass is 264 g/mol. The van der Waals surface area contributed by atoms with Gasteiger partial charge in [-0.2, -0.15) is 0 Å². The Morgan fingerprint density at radius 1 is 1.21 bits per heavy atom. The average molecular weight is 264 g/mol. The molecule has 1 unspecified atom stereocenters. The third-order valence-corrected chi connectivity index (χ3v) is 3.20. The molecule has 3 heteroatoms. The summed E-state index contributed by atoms with van der Waals surface area (Å²) in [6.07, 6.45) is 4.96. The second-order valence-corrected chi connectivity index (χ2v) is 4.98. The van der Waals surface area contributed by atoms with Crippen LogP contribution in [0, 0.1) is 0 Å². The molecular formula is C16H24O3. The Balaban J connectivity index is 2.36. The summed E-state index contributed by atoms with van der Waals surface area (Å²) in [5, 5.41) is 8.76. The molecule has 0 amide bonds. The zero-order valence-corrected chi connectivity index (χ0v) is 11.9. The van der Waals surface area contributed by atoms with Crippen molar-refractivity contribution in [3.05, 3.63) is 29.8 Å². The van der Waals surface area contributed by atoms with Crippen LogP contribution >= 0.6 is 0 Å². The van der Waals surface area contributed by atoms with Crippen molar-refractivity contribution in [3.63, 3.8) is 0 Å². The SMILES string of the molecule is CCCCCCOc1ccc(C(C)CC(=O)O)cc1. The fourth-order valence-electron chi connectivity index (χ4n) is 1.99. The van der Waals surface area contributed by atoms with Crippen LogP contribution in [0.5, 0.6) is 5.75 Å². The normalized spacial score (nSPS) is 12.1. The van der Waals surface area contributed by atoms with E-state index in [1.807, 2.05) is 31.2 Å². The van der Waals surface area contributed by atoms with Crippen molar-refractivity contribution in [2.45, 2.75) is 51.9 Å². The van der Waals surface area contributed by atoms with Crippen LogP contribution in [0.25, 0.3) is 0 Å². The Morgan fingerprint density at radius 3 is 2.47 bits per heavy atom. The Morgan fingerprint density at radius 2 is 1.89 bits per heavy atom. The molecule has 0 saturated heterocycles. The molecule has 106 valence electrons. The van der Waals surface area contributed by atoms with Crippen molar-refractivity contribution in [1.82, 2.24) is 0 Å². The quantitative estimate of drug-likeness (QED) is 0.679. The molecule has 1 N–H and O–H groups in total. The zero-order valence-electron chi connectivity index (χ0n) is 11.9. The van der Waals surface area contributed by atoms with Gasteiger partial charge in [-0.15, -0.1) is 0 Å². The van der Waals surface area contributed by atoms with E-state index < -0.39 is 5.97 Å². The highest BCUT2D eigenvalue weighted by molar-refractivity contribution is 5.67. The summed E-state index contributed by atoms with van der Waals surface area (Å²) in [5.74, 6) is 0.141. The highest BCUT2D eigenvalue weighted by atomic mass is 16.5. The van der Waals surface area contributed by atoms with Crippen LogP contribution in [0.1, 0.15) is 57.4 Å². The summed E-state index contributed by atoms with van der Waals surface area (Å²) in [7, 11) is 0. The van der Waals surface area contributed by atoms with Crippen molar-refractivity contribution in [1.29, 1.82) is 0 Å². The van der Waals surface area contributed by atoms with E-state index in [-0.39, 0.29) is 12.3 Å². The van der Waals surface area contributed by atoms with Gasteiger partial charge in [-0.25, -0.2) is 0 Å². The third kappa shape index (κ3) is 6.27. The van der Waals surface area contributed by atoms with Gasteiger partial charge < -0.3 is 9.84 Å². The van der Waals surface area contributed by atoms with Gasteiger partial charge in [0, 0.05) is 0 Å². The lowest BCUT2D eigenvalue weighted by Gasteiger charge is -2.11. The van der Waals surface area contributed by atoms with Gasteiger partial charge in [0.15, 0.2) is 0 Å². The summed E-state index contributed by atoms with van der Waals surface area (Å²) in [4.78, 5) is 10.7. The molecule has 0 radical (unpaired) electrons. The average Bonchev–Trinajstić information content (AvgIpc) is 2.38. The molecule has 1 atom stereocenters. The summed E-state index contributed by atoms with van der Waals surface area (Å²) >= 11 is 0.